The summed E-state index contributed by atoms with van der Waals surface area (Å²) in [5, 5.41) is 0. The van der Waals surface area contributed by atoms with Crippen LogP contribution in [0.5, 0.6) is 0 Å². The lowest BCUT2D eigenvalue weighted by Crippen LogP contribution is -2.28. The van der Waals surface area contributed by atoms with Crippen LogP contribution in [0.25, 0.3) is 0 Å². The molecule has 2 aliphatic heterocycles. The van der Waals surface area contributed by atoms with Crippen molar-refractivity contribution >= 4 is 23.6 Å². The van der Waals surface area contributed by atoms with E-state index < -0.39 is 0 Å². The average molecular weight is 356 g/mol. The number of allylic oxidation sites excluding steroid dienone is 2. The highest BCUT2D eigenvalue weighted by Gasteiger charge is 2.60. The van der Waals surface area contributed by atoms with Crippen LogP contribution in [-0.4, -0.2) is 47.5 Å². The second-order valence-electron chi connectivity index (χ2n) is 8.86. The van der Waals surface area contributed by atoms with Crippen LogP contribution in [-0.2, 0) is 19.2 Å². The van der Waals surface area contributed by atoms with E-state index in [1.807, 2.05) is 0 Å². The third-order valence-corrected chi connectivity index (χ3v) is 7.84. The third-order valence-electron chi connectivity index (χ3n) is 7.84. The van der Waals surface area contributed by atoms with Crippen molar-refractivity contribution in [3.05, 3.63) is 12.2 Å². The van der Waals surface area contributed by atoms with Gasteiger partial charge in [0.05, 0.1) is 23.7 Å². The molecule has 0 spiro atoms. The lowest BCUT2D eigenvalue weighted by Gasteiger charge is -2.19. The zero-order chi connectivity index (χ0) is 18.3. The number of carbonyl (C=O) groups is 4. The minimum atomic E-state index is -0.0208. The number of hydrogen-bond donors (Lipinski definition) is 0. The fraction of sp³-hybridized carbons (Fsp3) is 0.700. The number of carbonyl (C=O) groups excluding carboxylic acids is 4. The Kier molecular flexibility index (Phi) is 3.29. The van der Waals surface area contributed by atoms with E-state index in [9.17, 15) is 19.2 Å². The Labute approximate surface area is 152 Å². The first kappa shape index (κ1) is 16.2. The Balaban J connectivity index is 0.000000115. The van der Waals surface area contributed by atoms with E-state index in [0.717, 1.165) is 12.8 Å². The Morgan fingerprint density at radius 2 is 1.04 bits per heavy atom. The Morgan fingerprint density at radius 3 is 1.46 bits per heavy atom. The number of fused-ring (bicyclic) bond motifs is 10. The molecule has 0 radical (unpaired) electrons. The van der Waals surface area contributed by atoms with Crippen LogP contribution in [0.3, 0.4) is 0 Å². The van der Waals surface area contributed by atoms with E-state index in [0.29, 0.717) is 23.7 Å². The van der Waals surface area contributed by atoms with Gasteiger partial charge in [-0.15, -0.1) is 0 Å². The molecule has 0 N–H and O–H groups in total. The van der Waals surface area contributed by atoms with Gasteiger partial charge < -0.3 is 0 Å². The summed E-state index contributed by atoms with van der Waals surface area (Å²) in [7, 11) is 3.23. The van der Waals surface area contributed by atoms with Gasteiger partial charge in [-0.25, -0.2) is 0 Å². The molecule has 26 heavy (non-hydrogen) atoms. The fourth-order valence-corrected chi connectivity index (χ4v) is 6.61. The van der Waals surface area contributed by atoms with E-state index in [1.165, 1.54) is 22.6 Å². The summed E-state index contributed by atoms with van der Waals surface area (Å²) in [5.41, 5.74) is 0. The largest absolute Gasteiger partial charge is 0.285 e. The molecule has 3 saturated carbocycles. The summed E-state index contributed by atoms with van der Waals surface area (Å²) in [4.78, 5) is 49.4. The first-order valence-corrected chi connectivity index (χ1v) is 9.71. The number of hydrogen-bond acceptors (Lipinski definition) is 4. The van der Waals surface area contributed by atoms with Crippen molar-refractivity contribution in [2.75, 3.05) is 14.1 Å². The van der Waals surface area contributed by atoms with Crippen LogP contribution in [0.15, 0.2) is 12.2 Å². The highest BCUT2D eigenvalue weighted by atomic mass is 16.2. The summed E-state index contributed by atoms with van der Waals surface area (Å²) >= 11 is 0. The topological polar surface area (TPSA) is 74.8 Å². The van der Waals surface area contributed by atoms with Gasteiger partial charge in [0, 0.05) is 14.1 Å². The van der Waals surface area contributed by atoms with Gasteiger partial charge in [-0.1, -0.05) is 12.2 Å². The molecule has 6 nitrogen and oxygen atoms in total. The highest BCUT2D eigenvalue weighted by molar-refractivity contribution is 6.06. The maximum atomic E-state index is 11.7. The summed E-state index contributed by atoms with van der Waals surface area (Å²) in [6.07, 6.45) is 8.69. The second-order valence-corrected chi connectivity index (χ2v) is 8.86. The van der Waals surface area contributed by atoms with Crippen LogP contribution < -0.4 is 0 Å². The molecule has 2 saturated heterocycles. The van der Waals surface area contributed by atoms with Gasteiger partial charge in [0.15, 0.2) is 0 Å². The van der Waals surface area contributed by atoms with Crippen molar-refractivity contribution in [2.45, 2.75) is 25.7 Å². The molecule has 5 fully saturated rings. The summed E-state index contributed by atoms with van der Waals surface area (Å²) in [5.74, 6) is 2.07. The Morgan fingerprint density at radius 1 is 0.654 bits per heavy atom. The first-order valence-electron chi connectivity index (χ1n) is 9.71. The number of imide groups is 2. The minimum Gasteiger partial charge on any atom is -0.285 e. The van der Waals surface area contributed by atoms with Crippen LogP contribution in [0.2, 0.25) is 0 Å². The van der Waals surface area contributed by atoms with Gasteiger partial charge in [0.2, 0.25) is 23.6 Å². The molecule has 4 amide bonds. The van der Waals surface area contributed by atoms with Gasteiger partial charge in [-0.3, -0.25) is 29.0 Å². The predicted octanol–water partition coefficient (Wildman–Crippen LogP) is 1.07. The molecule has 2 heterocycles. The molecule has 8 atom stereocenters. The molecule has 0 aromatic heterocycles. The average Bonchev–Trinajstić information content (AvgIpc) is 3.45. The molecule has 6 rings (SSSR count). The van der Waals surface area contributed by atoms with E-state index in [4.69, 9.17) is 0 Å². The first-order chi connectivity index (χ1) is 12.4. The fourth-order valence-electron chi connectivity index (χ4n) is 6.61. The monoisotopic (exact) mass is 356 g/mol. The van der Waals surface area contributed by atoms with E-state index in [-0.39, 0.29) is 47.3 Å². The summed E-state index contributed by atoms with van der Waals surface area (Å²) < 4.78 is 0. The zero-order valence-corrected chi connectivity index (χ0v) is 15.1. The summed E-state index contributed by atoms with van der Waals surface area (Å²) in [6.45, 7) is 0. The van der Waals surface area contributed by atoms with Gasteiger partial charge in [0.1, 0.15) is 0 Å². The zero-order valence-electron chi connectivity index (χ0n) is 15.1. The SMILES string of the molecule is CN1C(=O)[C@@H]2C3C=CC(C3)[C@@H]2C1=O.CN1C(=O)[C@@H]2C3CCC(C3)[C@@H]2C1=O. The molecule has 0 aromatic carbocycles. The molecule has 0 aromatic rings. The molecule has 6 aliphatic rings. The number of nitrogens with zero attached hydrogens (tertiary/aromatic N) is 2. The quantitative estimate of drug-likeness (QED) is 0.481. The molecule has 138 valence electrons. The van der Waals surface area contributed by atoms with Crippen LogP contribution in [0.4, 0.5) is 0 Å². The van der Waals surface area contributed by atoms with Crippen LogP contribution in [0, 0.1) is 47.3 Å². The van der Waals surface area contributed by atoms with Gasteiger partial charge in [-0.2, -0.15) is 0 Å². The van der Waals surface area contributed by atoms with Crippen molar-refractivity contribution in [1.29, 1.82) is 0 Å². The van der Waals surface area contributed by atoms with Crippen molar-refractivity contribution < 1.29 is 19.2 Å². The van der Waals surface area contributed by atoms with E-state index >= 15 is 0 Å². The molecule has 4 bridgehead atoms. The lowest BCUT2D eigenvalue weighted by molar-refractivity contribution is -0.140. The van der Waals surface area contributed by atoms with Gasteiger partial charge >= 0.3 is 0 Å². The molecule has 6 heteroatoms. The lowest BCUT2D eigenvalue weighted by atomic mass is 9.81. The van der Waals surface area contributed by atoms with E-state index in [2.05, 4.69) is 12.2 Å². The van der Waals surface area contributed by atoms with Crippen molar-refractivity contribution in [3.8, 4) is 0 Å². The second kappa shape index (κ2) is 5.27. The predicted molar refractivity (Wildman–Crippen MR) is 91.1 cm³/mol. The maximum absolute atomic E-state index is 11.7. The number of amides is 4. The van der Waals surface area contributed by atoms with Crippen LogP contribution in [0.1, 0.15) is 25.7 Å². The number of likely N-dealkylation sites (tertiary alicyclic amines) is 2. The van der Waals surface area contributed by atoms with Crippen molar-refractivity contribution in [3.63, 3.8) is 0 Å². The van der Waals surface area contributed by atoms with Crippen LogP contribution >= 0.6 is 0 Å². The standard InChI is InChI=1S/C10H13NO2.C10H11NO2/c2*1-11-9(12)7-5-2-3-6(4-5)8(7)10(11)13/h5-8H,2-4H2,1H3;2-3,5-8H,4H2,1H3/t2*5?,6?,7-,8+. The van der Waals surface area contributed by atoms with Gasteiger partial charge in [0.25, 0.3) is 0 Å². The normalized spacial score (nSPS) is 47.0. The van der Waals surface area contributed by atoms with Crippen molar-refractivity contribution in [1.82, 2.24) is 9.80 Å². The number of rotatable bonds is 0. The minimum absolute atomic E-state index is 0.0208. The third kappa shape index (κ3) is 1.88. The molecule has 4 aliphatic carbocycles. The maximum Gasteiger partial charge on any atom is 0.233 e. The van der Waals surface area contributed by atoms with Gasteiger partial charge in [-0.05, 0) is 49.4 Å². The smallest absolute Gasteiger partial charge is 0.233 e. The molecular weight excluding hydrogens is 332 g/mol. The molecule has 4 unspecified atom stereocenters. The Hall–Kier alpha value is -1.98. The molecular formula is C20H24N2O4. The Bertz CT molecular complexity index is 701. The summed E-state index contributed by atoms with van der Waals surface area (Å²) in [6, 6.07) is 0. The highest BCUT2D eigenvalue weighted by Crippen LogP contribution is 2.55. The van der Waals surface area contributed by atoms with E-state index in [1.54, 1.807) is 14.1 Å². The van der Waals surface area contributed by atoms with Crippen molar-refractivity contribution in [2.24, 2.45) is 47.3 Å².